The molecule has 7 heteroatoms. The number of thiazole rings is 1. The zero-order valence-electron chi connectivity index (χ0n) is 10.5. The van der Waals surface area contributed by atoms with Crippen LogP contribution in [0.4, 0.5) is 5.69 Å². The Kier molecular flexibility index (Phi) is 4.18. The molecule has 5 nitrogen and oxygen atoms in total. The minimum atomic E-state index is -3.47. The van der Waals surface area contributed by atoms with Crippen molar-refractivity contribution in [2.45, 2.75) is 19.2 Å². The van der Waals surface area contributed by atoms with Crippen LogP contribution in [-0.2, 0) is 22.3 Å². The predicted molar refractivity (Wildman–Crippen MR) is 77.4 cm³/mol. The Morgan fingerprint density at radius 3 is 2.53 bits per heavy atom. The summed E-state index contributed by atoms with van der Waals surface area (Å²) in [5, 5.41) is 11.2. The molecule has 0 aliphatic heterocycles. The van der Waals surface area contributed by atoms with Gasteiger partial charge in [0.2, 0.25) is 10.0 Å². The maximum Gasteiger partial charge on any atom is 0.213 e. The van der Waals surface area contributed by atoms with Crippen molar-refractivity contribution in [3.05, 3.63) is 45.9 Å². The lowest BCUT2D eigenvalue weighted by molar-refractivity contribution is 0.597. The molecule has 0 spiro atoms. The number of anilines is 1. The maximum atomic E-state index is 11.0. The fraction of sp³-hybridized carbons (Fsp3) is 0.250. The quantitative estimate of drug-likeness (QED) is 0.882. The monoisotopic (exact) mass is 297 g/mol. The summed E-state index contributed by atoms with van der Waals surface area (Å²) in [5.74, 6) is -0.140. The van der Waals surface area contributed by atoms with Gasteiger partial charge in [0.25, 0.3) is 0 Å². The van der Waals surface area contributed by atoms with Crippen LogP contribution < -0.4 is 10.5 Å². The Hall–Kier alpha value is -1.44. The highest BCUT2D eigenvalue weighted by Crippen LogP contribution is 2.14. The summed E-state index contributed by atoms with van der Waals surface area (Å²) in [6, 6.07) is 7.17. The summed E-state index contributed by atoms with van der Waals surface area (Å²) in [7, 11) is -3.47. The van der Waals surface area contributed by atoms with Gasteiger partial charge in [-0.05, 0) is 24.6 Å². The number of hydrogen-bond donors (Lipinski definition) is 2. The summed E-state index contributed by atoms with van der Waals surface area (Å²) >= 11 is 1.61. The molecule has 0 aliphatic rings. The number of rotatable bonds is 5. The molecule has 0 aliphatic carbocycles. The maximum absolute atomic E-state index is 11.0. The van der Waals surface area contributed by atoms with Gasteiger partial charge in [-0.3, -0.25) is 0 Å². The molecule has 2 rings (SSSR count). The SMILES string of the molecule is Cc1csc(CNc2ccc(CS(N)(=O)=O)cc2)n1. The fourth-order valence-electron chi connectivity index (χ4n) is 1.61. The predicted octanol–water partition coefficient (Wildman–Crippen LogP) is 1.85. The fourth-order valence-corrected chi connectivity index (χ4v) is 2.98. The minimum absolute atomic E-state index is 0.140. The second-order valence-electron chi connectivity index (χ2n) is 4.24. The zero-order chi connectivity index (χ0) is 13.9. The van der Waals surface area contributed by atoms with E-state index in [9.17, 15) is 8.42 Å². The molecule has 0 radical (unpaired) electrons. The molecule has 1 aromatic carbocycles. The van der Waals surface area contributed by atoms with Gasteiger partial charge in [-0.2, -0.15) is 0 Å². The van der Waals surface area contributed by atoms with Gasteiger partial charge in [0.05, 0.1) is 12.3 Å². The molecule has 102 valence electrons. The Morgan fingerprint density at radius 2 is 2.00 bits per heavy atom. The van der Waals surface area contributed by atoms with E-state index in [1.165, 1.54) is 0 Å². The lowest BCUT2D eigenvalue weighted by Gasteiger charge is -2.05. The molecule has 2 aromatic rings. The number of nitrogens with one attached hydrogen (secondary N) is 1. The van der Waals surface area contributed by atoms with Crippen LogP contribution in [0.5, 0.6) is 0 Å². The third kappa shape index (κ3) is 4.62. The molecule has 0 saturated heterocycles. The molecule has 0 saturated carbocycles. The van der Waals surface area contributed by atoms with Crippen LogP contribution in [0, 0.1) is 6.92 Å². The Bertz CT molecular complexity index is 648. The van der Waals surface area contributed by atoms with E-state index in [1.807, 2.05) is 24.4 Å². The van der Waals surface area contributed by atoms with Crippen LogP contribution in [0.3, 0.4) is 0 Å². The van der Waals surface area contributed by atoms with Gasteiger partial charge in [0, 0.05) is 16.8 Å². The second-order valence-corrected chi connectivity index (χ2v) is 6.80. The van der Waals surface area contributed by atoms with Gasteiger partial charge in [0.1, 0.15) is 5.01 Å². The molecule has 0 unspecified atom stereocenters. The van der Waals surface area contributed by atoms with Crippen molar-refractivity contribution in [2.75, 3.05) is 5.32 Å². The molecular weight excluding hydrogens is 282 g/mol. The topological polar surface area (TPSA) is 85.1 Å². The lowest BCUT2D eigenvalue weighted by Crippen LogP contribution is -2.14. The first kappa shape index (κ1) is 14.0. The summed E-state index contributed by atoms with van der Waals surface area (Å²) < 4.78 is 21.9. The van der Waals surface area contributed by atoms with Crippen LogP contribution in [0.2, 0.25) is 0 Å². The van der Waals surface area contributed by atoms with Crippen LogP contribution in [0.15, 0.2) is 29.6 Å². The van der Waals surface area contributed by atoms with Crippen molar-refractivity contribution in [1.29, 1.82) is 0 Å². The molecule has 0 fully saturated rings. The number of aromatic nitrogens is 1. The van der Waals surface area contributed by atoms with E-state index in [1.54, 1.807) is 23.5 Å². The van der Waals surface area contributed by atoms with Gasteiger partial charge in [-0.1, -0.05) is 12.1 Å². The van der Waals surface area contributed by atoms with Crippen molar-refractivity contribution < 1.29 is 8.42 Å². The Balaban J connectivity index is 1.95. The number of benzene rings is 1. The van der Waals surface area contributed by atoms with Crippen LogP contribution in [-0.4, -0.2) is 13.4 Å². The summed E-state index contributed by atoms with van der Waals surface area (Å²) in [6.45, 7) is 2.62. The van der Waals surface area contributed by atoms with Gasteiger partial charge < -0.3 is 5.32 Å². The average Bonchev–Trinajstić information content (AvgIpc) is 2.72. The number of hydrogen-bond acceptors (Lipinski definition) is 5. The van der Waals surface area contributed by atoms with Crippen molar-refractivity contribution in [2.24, 2.45) is 5.14 Å². The van der Waals surface area contributed by atoms with Gasteiger partial charge in [-0.15, -0.1) is 11.3 Å². The number of primary sulfonamides is 1. The molecule has 1 heterocycles. The van der Waals surface area contributed by atoms with Crippen molar-refractivity contribution >= 4 is 27.0 Å². The zero-order valence-corrected chi connectivity index (χ0v) is 12.1. The third-order valence-corrected chi connectivity index (χ3v) is 4.13. The summed E-state index contributed by atoms with van der Waals surface area (Å²) in [6.07, 6.45) is 0. The van der Waals surface area contributed by atoms with Gasteiger partial charge >= 0.3 is 0 Å². The van der Waals surface area contributed by atoms with Crippen LogP contribution in [0.1, 0.15) is 16.3 Å². The summed E-state index contributed by atoms with van der Waals surface area (Å²) in [4.78, 5) is 4.35. The Labute approximate surface area is 116 Å². The standard InChI is InChI=1S/C12H15N3O2S2/c1-9-7-18-12(15-9)6-14-11-4-2-10(3-5-11)8-19(13,16)17/h2-5,7,14H,6,8H2,1H3,(H2,13,16,17). The highest BCUT2D eigenvalue weighted by Gasteiger charge is 2.04. The van der Waals surface area contributed by atoms with E-state index in [0.717, 1.165) is 16.4 Å². The molecular formula is C12H15N3O2S2. The highest BCUT2D eigenvalue weighted by atomic mass is 32.2. The van der Waals surface area contributed by atoms with E-state index in [2.05, 4.69) is 10.3 Å². The average molecular weight is 297 g/mol. The normalized spacial score (nSPS) is 11.5. The molecule has 0 amide bonds. The van der Waals surface area contributed by atoms with Gasteiger partial charge in [0.15, 0.2) is 0 Å². The molecule has 19 heavy (non-hydrogen) atoms. The van der Waals surface area contributed by atoms with Crippen molar-refractivity contribution in [3.8, 4) is 0 Å². The number of nitrogens with zero attached hydrogens (tertiary/aromatic N) is 1. The smallest absolute Gasteiger partial charge is 0.213 e. The van der Waals surface area contributed by atoms with Crippen molar-refractivity contribution in [1.82, 2.24) is 4.98 Å². The van der Waals surface area contributed by atoms with Gasteiger partial charge in [-0.25, -0.2) is 18.5 Å². The van der Waals surface area contributed by atoms with E-state index in [-0.39, 0.29) is 5.75 Å². The highest BCUT2D eigenvalue weighted by molar-refractivity contribution is 7.88. The number of sulfonamides is 1. The Morgan fingerprint density at radius 1 is 1.32 bits per heavy atom. The van der Waals surface area contributed by atoms with E-state index < -0.39 is 10.0 Å². The molecule has 0 bridgehead atoms. The first-order valence-electron chi connectivity index (χ1n) is 5.67. The first-order chi connectivity index (χ1) is 8.92. The molecule has 1 aromatic heterocycles. The molecule has 3 N–H and O–H groups in total. The molecule has 0 atom stereocenters. The largest absolute Gasteiger partial charge is 0.379 e. The van der Waals surface area contributed by atoms with Crippen LogP contribution >= 0.6 is 11.3 Å². The number of aryl methyl sites for hydroxylation is 1. The second kappa shape index (κ2) is 5.68. The first-order valence-corrected chi connectivity index (χ1v) is 8.26. The van der Waals surface area contributed by atoms with E-state index >= 15 is 0 Å². The van der Waals surface area contributed by atoms with E-state index in [0.29, 0.717) is 12.1 Å². The van der Waals surface area contributed by atoms with Crippen LogP contribution in [0.25, 0.3) is 0 Å². The third-order valence-electron chi connectivity index (χ3n) is 2.43. The minimum Gasteiger partial charge on any atom is -0.379 e. The van der Waals surface area contributed by atoms with Crippen molar-refractivity contribution in [3.63, 3.8) is 0 Å². The van der Waals surface area contributed by atoms with E-state index in [4.69, 9.17) is 5.14 Å². The lowest BCUT2D eigenvalue weighted by atomic mass is 10.2. The summed E-state index contributed by atoms with van der Waals surface area (Å²) in [5.41, 5.74) is 2.62. The number of nitrogens with two attached hydrogens (primary N) is 1.